The second kappa shape index (κ2) is 7.95. The van der Waals surface area contributed by atoms with Crippen LogP contribution in [0.3, 0.4) is 0 Å². The first-order valence-electron chi connectivity index (χ1n) is 8.71. The van der Waals surface area contributed by atoms with Crippen molar-refractivity contribution in [2.45, 2.75) is 25.5 Å². The average Bonchev–Trinajstić information content (AvgIpc) is 3.01. The topological polar surface area (TPSA) is 80.6 Å². The second-order valence-corrected chi connectivity index (χ2v) is 6.52. The Bertz CT molecular complexity index is 949. The maximum atomic E-state index is 12.1. The van der Waals surface area contributed by atoms with E-state index in [1.54, 1.807) is 6.92 Å². The standard InChI is InChI=1S/C21H22N2O4/c1-14(17-12-23(2)18-11-7-6-10-16(17)18)19(20(24)25)22-21(26)27-13-15-8-4-3-5-9-15/h3-12,14,19H,13H2,1-2H3,(H,22,26)(H,24,25)/t14-,19-/m1/s1. The molecule has 1 aromatic heterocycles. The summed E-state index contributed by atoms with van der Waals surface area (Å²) >= 11 is 0. The van der Waals surface area contributed by atoms with Crippen LogP contribution in [-0.4, -0.2) is 27.8 Å². The lowest BCUT2D eigenvalue weighted by Gasteiger charge is -2.21. The van der Waals surface area contributed by atoms with Gasteiger partial charge in [-0.3, -0.25) is 0 Å². The van der Waals surface area contributed by atoms with E-state index in [1.807, 2.05) is 72.4 Å². The molecule has 2 N–H and O–H groups in total. The average molecular weight is 366 g/mol. The van der Waals surface area contributed by atoms with Crippen LogP contribution in [0.25, 0.3) is 10.9 Å². The molecule has 6 heteroatoms. The van der Waals surface area contributed by atoms with Crippen LogP contribution in [0.5, 0.6) is 0 Å². The number of fused-ring (bicyclic) bond motifs is 1. The Kier molecular flexibility index (Phi) is 5.45. The summed E-state index contributed by atoms with van der Waals surface area (Å²) in [4.78, 5) is 23.9. The van der Waals surface area contributed by atoms with E-state index in [0.717, 1.165) is 22.0 Å². The molecular formula is C21H22N2O4. The molecule has 0 saturated heterocycles. The van der Waals surface area contributed by atoms with Gasteiger partial charge < -0.3 is 19.7 Å². The van der Waals surface area contributed by atoms with Crippen LogP contribution < -0.4 is 5.32 Å². The van der Waals surface area contributed by atoms with Gasteiger partial charge in [0.2, 0.25) is 0 Å². The third-order valence-corrected chi connectivity index (χ3v) is 4.67. The summed E-state index contributed by atoms with van der Waals surface area (Å²) in [5, 5.41) is 13.1. The number of aryl methyl sites for hydroxylation is 1. The number of carbonyl (C=O) groups excluding carboxylic acids is 1. The van der Waals surface area contributed by atoms with E-state index in [2.05, 4.69) is 5.32 Å². The van der Waals surface area contributed by atoms with Gasteiger partial charge in [0.05, 0.1) is 0 Å². The smallest absolute Gasteiger partial charge is 0.408 e. The minimum Gasteiger partial charge on any atom is -0.480 e. The molecule has 0 unspecified atom stereocenters. The second-order valence-electron chi connectivity index (χ2n) is 6.52. The Labute approximate surface area is 157 Å². The molecule has 6 nitrogen and oxygen atoms in total. The molecule has 0 fully saturated rings. The maximum Gasteiger partial charge on any atom is 0.408 e. The van der Waals surface area contributed by atoms with E-state index in [0.29, 0.717) is 0 Å². The van der Waals surface area contributed by atoms with Crippen LogP contribution in [0, 0.1) is 0 Å². The zero-order chi connectivity index (χ0) is 19.4. The van der Waals surface area contributed by atoms with Crippen molar-refractivity contribution in [3.05, 3.63) is 71.9 Å². The van der Waals surface area contributed by atoms with Crippen molar-refractivity contribution in [2.75, 3.05) is 0 Å². The van der Waals surface area contributed by atoms with Gasteiger partial charge in [0.25, 0.3) is 0 Å². The molecule has 1 amide bonds. The first-order chi connectivity index (χ1) is 13.0. The highest BCUT2D eigenvalue weighted by molar-refractivity contribution is 5.87. The molecule has 3 rings (SSSR count). The number of rotatable bonds is 6. The molecule has 0 aliphatic heterocycles. The lowest BCUT2D eigenvalue weighted by molar-refractivity contribution is -0.139. The van der Waals surface area contributed by atoms with Crippen LogP contribution in [0.4, 0.5) is 4.79 Å². The Morgan fingerprint density at radius 1 is 1.11 bits per heavy atom. The van der Waals surface area contributed by atoms with E-state index in [-0.39, 0.29) is 6.61 Å². The van der Waals surface area contributed by atoms with Gasteiger partial charge in [-0.1, -0.05) is 55.5 Å². The summed E-state index contributed by atoms with van der Waals surface area (Å²) in [6.07, 6.45) is 1.15. The minimum absolute atomic E-state index is 0.0850. The molecule has 27 heavy (non-hydrogen) atoms. The van der Waals surface area contributed by atoms with Gasteiger partial charge in [0.1, 0.15) is 12.6 Å². The molecule has 3 aromatic rings. The fourth-order valence-electron chi connectivity index (χ4n) is 3.21. The number of ether oxygens (including phenoxy) is 1. The number of carboxylic acids is 1. The van der Waals surface area contributed by atoms with Gasteiger partial charge in [0.15, 0.2) is 0 Å². The van der Waals surface area contributed by atoms with Crippen LogP contribution in [0.1, 0.15) is 24.0 Å². The number of aromatic nitrogens is 1. The quantitative estimate of drug-likeness (QED) is 0.698. The van der Waals surface area contributed by atoms with E-state index >= 15 is 0 Å². The molecule has 0 spiro atoms. The lowest BCUT2D eigenvalue weighted by atomic mass is 9.93. The van der Waals surface area contributed by atoms with Gasteiger partial charge in [-0.05, 0) is 17.2 Å². The number of nitrogens with zero attached hydrogens (tertiary/aromatic N) is 1. The minimum atomic E-state index is -1.10. The van der Waals surface area contributed by atoms with Crippen molar-refractivity contribution in [3.63, 3.8) is 0 Å². The fourth-order valence-corrected chi connectivity index (χ4v) is 3.21. The molecule has 0 bridgehead atoms. The highest BCUT2D eigenvalue weighted by Gasteiger charge is 2.30. The molecule has 0 aliphatic rings. The zero-order valence-electron chi connectivity index (χ0n) is 15.3. The van der Waals surface area contributed by atoms with E-state index in [9.17, 15) is 14.7 Å². The van der Waals surface area contributed by atoms with Crippen molar-refractivity contribution in [2.24, 2.45) is 7.05 Å². The number of carbonyl (C=O) groups is 2. The molecular weight excluding hydrogens is 344 g/mol. The first-order valence-corrected chi connectivity index (χ1v) is 8.71. The predicted octanol–water partition coefficient (Wildman–Crippen LogP) is 3.66. The SMILES string of the molecule is C[C@H](c1cn(C)c2ccccc12)[C@@H](NC(=O)OCc1ccccc1)C(=O)O. The van der Waals surface area contributed by atoms with Crippen LogP contribution in [0.15, 0.2) is 60.8 Å². The Hall–Kier alpha value is -3.28. The summed E-state index contributed by atoms with van der Waals surface area (Å²) < 4.78 is 7.12. The van der Waals surface area contributed by atoms with Gasteiger partial charge in [-0.2, -0.15) is 0 Å². The third-order valence-electron chi connectivity index (χ3n) is 4.67. The number of benzene rings is 2. The number of amides is 1. The Balaban J connectivity index is 1.74. The lowest BCUT2D eigenvalue weighted by Crippen LogP contribution is -2.44. The van der Waals surface area contributed by atoms with Crippen molar-refractivity contribution >= 4 is 23.0 Å². The Morgan fingerprint density at radius 2 is 1.78 bits per heavy atom. The van der Waals surface area contributed by atoms with Gasteiger partial charge in [0, 0.05) is 30.1 Å². The van der Waals surface area contributed by atoms with Crippen LogP contribution >= 0.6 is 0 Å². The predicted molar refractivity (Wildman–Crippen MR) is 103 cm³/mol. The number of alkyl carbamates (subject to hydrolysis) is 1. The van der Waals surface area contributed by atoms with Gasteiger partial charge >= 0.3 is 12.1 Å². The zero-order valence-corrected chi connectivity index (χ0v) is 15.3. The summed E-state index contributed by atoms with van der Waals surface area (Å²) in [7, 11) is 1.91. The van der Waals surface area contributed by atoms with E-state index in [4.69, 9.17) is 4.74 Å². The number of para-hydroxylation sites is 1. The van der Waals surface area contributed by atoms with Crippen molar-refractivity contribution in [3.8, 4) is 0 Å². The van der Waals surface area contributed by atoms with Crippen LogP contribution in [0.2, 0.25) is 0 Å². The maximum absolute atomic E-state index is 12.1. The summed E-state index contributed by atoms with van der Waals surface area (Å²) in [6, 6.07) is 15.9. The number of carboxylic acid groups (broad SMARTS) is 1. The van der Waals surface area contributed by atoms with E-state index in [1.165, 1.54) is 0 Å². The summed E-state index contributed by atoms with van der Waals surface area (Å²) in [6.45, 7) is 1.87. The summed E-state index contributed by atoms with van der Waals surface area (Å²) in [5.74, 6) is -1.54. The molecule has 140 valence electrons. The highest BCUT2D eigenvalue weighted by atomic mass is 16.5. The Morgan fingerprint density at radius 3 is 2.48 bits per heavy atom. The monoisotopic (exact) mass is 366 g/mol. The van der Waals surface area contributed by atoms with Crippen molar-refractivity contribution in [1.82, 2.24) is 9.88 Å². The number of nitrogens with one attached hydrogen (secondary N) is 1. The van der Waals surface area contributed by atoms with Gasteiger partial charge in [-0.15, -0.1) is 0 Å². The van der Waals surface area contributed by atoms with Crippen molar-refractivity contribution in [1.29, 1.82) is 0 Å². The molecule has 2 atom stereocenters. The number of hydrogen-bond acceptors (Lipinski definition) is 3. The normalized spacial score (nSPS) is 13.1. The van der Waals surface area contributed by atoms with Crippen molar-refractivity contribution < 1.29 is 19.4 Å². The van der Waals surface area contributed by atoms with Gasteiger partial charge in [-0.25, -0.2) is 9.59 Å². The molecule has 2 aromatic carbocycles. The molecule has 0 saturated carbocycles. The van der Waals surface area contributed by atoms with E-state index < -0.39 is 24.0 Å². The molecule has 0 aliphatic carbocycles. The summed E-state index contributed by atoms with van der Waals surface area (Å²) in [5.41, 5.74) is 2.71. The third kappa shape index (κ3) is 4.11. The number of hydrogen-bond donors (Lipinski definition) is 2. The van der Waals surface area contributed by atoms with Crippen LogP contribution in [-0.2, 0) is 23.2 Å². The molecule has 0 radical (unpaired) electrons. The highest BCUT2D eigenvalue weighted by Crippen LogP contribution is 2.29. The fraction of sp³-hybridized carbons (Fsp3) is 0.238. The number of aliphatic carboxylic acids is 1. The molecule has 1 heterocycles. The largest absolute Gasteiger partial charge is 0.480 e. The first kappa shape index (κ1) is 18.5.